The van der Waals surface area contributed by atoms with Gasteiger partial charge in [-0.3, -0.25) is 19.6 Å². The number of aromatic nitrogens is 2. The van der Waals surface area contributed by atoms with Gasteiger partial charge in [0, 0.05) is 19.1 Å². The molecule has 1 fully saturated rings. The number of aryl methyl sites for hydroxylation is 1. The third-order valence-electron chi connectivity index (χ3n) is 3.64. The smallest absolute Gasteiger partial charge is 0.320 e. The van der Waals surface area contributed by atoms with Gasteiger partial charge >= 0.3 is 5.69 Å². The Morgan fingerprint density at radius 1 is 1.42 bits per heavy atom. The van der Waals surface area contributed by atoms with Crippen molar-refractivity contribution in [3.05, 3.63) is 22.0 Å². The lowest BCUT2D eigenvalue weighted by molar-refractivity contribution is -0.385. The molecule has 7 heteroatoms. The summed E-state index contributed by atoms with van der Waals surface area (Å²) in [5.74, 6) is -0.341. The van der Waals surface area contributed by atoms with Gasteiger partial charge in [-0.2, -0.15) is 5.10 Å². The normalized spacial score (nSPS) is 23.4. The zero-order valence-corrected chi connectivity index (χ0v) is 11.4. The minimum atomic E-state index is -0.556. The molecule has 1 aliphatic rings. The Kier molecular flexibility index (Phi) is 3.55. The van der Waals surface area contributed by atoms with Gasteiger partial charge in [0.15, 0.2) is 0 Å². The van der Waals surface area contributed by atoms with Crippen LogP contribution in [0.5, 0.6) is 0 Å². The molecule has 1 aromatic heterocycles. The van der Waals surface area contributed by atoms with Gasteiger partial charge < -0.3 is 4.90 Å². The van der Waals surface area contributed by atoms with Gasteiger partial charge in [-0.1, -0.05) is 0 Å². The molecule has 0 radical (unpaired) electrons. The molecule has 7 nitrogen and oxygen atoms in total. The van der Waals surface area contributed by atoms with Gasteiger partial charge in [-0.15, -0.1) is 0 Å². The molecule has 2 rings (SSSR count). The van der Waals surface area contributed by atoms with E-state index >= 15 is 0 Å². The number of nitro groups is 1. The fourth-order valence-corrected chi connectivity index (χ4v) is 2.71. The van der Waals surface area contributed by atoms with E-state index in [9.17, 15) is 14.9 Å². The molecule has 0 aromatic carbocycles. The Bertz CT molecular complexity index is 501. The second kappa shape index (κ2) is 4.99. The van der Waals surface area contributed by atoms with Gasteiger partial charge in [0.2, 0.25) is 5.69 Å². The summed E-state index contributed by atoms with van der Waals surface area (Å²) in [4.78, 5) is 24.6. The molecule has 1 amide bonds. The average molecular weight is 266 g/mol. The SMILES string of the molecule is C[C@@H]1CCC[C@H](C)N1C(=O)c1nn(C)cc1[N+](=O)[O-]. The van der Waals surface area contributed by atoms with Crippen LogP contribution < -0.4 is 0 Å². The van der Waals surface area contributed by atoms with Crippen molar-refractivity contribution < 1.29 is 9.72 Å². The van der Waals surface area contributed by atoms with E-state index in [1.165, 1.54) is 10.9 Å². The Morgan fingerprint density at radius 3 is 2.53 bits per heavy atom. The van der Waals surface area contributed by atoms with E-state index in [1.807, 2.05) is 13.8 Å². The van der Waals surface area contributed by atoms with Crippen molar-refractivity contribution in [1.82, 2.24) is 14.7 Å². The highest BCUT2D eigenvalue weighted by Crippen LogP contribution is 2.27. The first kappa shape index (κ1) is 13.5. The monoisotopic (exact) mass is 266 g/mol. The molecule has 0 spiro atoms. The van der Waals surface area contributed by atoms with Crippen LogP contribution in [0.4, 0.5) is 5.69 Å². The third kappa shape index (κ3) is 2.45. The van der Waals surface area contributed by atoms with E-state index in [1.54, 1.807) is 11.9 Å². The molecule has 1 aliphatic heterocycles. The Hall–Kier alpha value is -1.92. The van der Waals surface area contributed by atoms with E-state index in [-0.39, 0.29) is 29.4 Å². The highest BCUT2D eigenvalue weighted by atomic mass is 16.6. The Labute approximate surface area is 111 Å². The predicted octanol–water partition coefficient (Wildman–Crippen LogP) is 1.73. The van der Waals surface area contributed by atoms with E-state index < -0.39 is 4.92 Å². The second-order valence-corrected chi connectivity index (χ2v) is 5.14. The Balaban J connectivity index is 2.35. The molecule has 2 heterocycles. The van der Waals surface area contributed by atoms with Crippen molar-refractivity contribution in [2.75, 3.05) is 0 Å². The lowest BCUT2D eigenvalue weighted by Gasteiger charge is -2.38. The summed E-state index contributed by atoms with van der Waals surface area (Å²) in [6.07, 6.45) is 4.20. The molecule has 1 saturated heterocycles. The summed E-state index contributed by atoms with van der Waals surface area (Å²) in [6, 6.07) is 0.190. The van der Waals surface area contributed by atoms with Crippen LogP contribution in [0.2, 0.25) is 0 Å². The van der Waals surface area contributed by atoms with Crippen molar-refractivity contribution in [2.24, 2.45) is 7.05 Å². The zero-order valence-electron chi connectivity index (χ0n) is 11.4. The van der Waals surface area contributed by atoms with Crippen LogP contribution >= 0.6 is 0 Å². The minimum absolute atomic E-state index is 0.0619. The standard InChI is InChI=1S/C12H18N4O3/c1-8-5-4-6-9(2)15(8)12(17)11-10(16(18)19)7-14(3)13-11/h7-9H,4-6H2,1-3H3/t8-,9+. The van der Waals surface area contributed by atoms with Crippen molar-refractivity contribution in [1.29, 1.82) is 0 Å². The third-order valence-corrected chi connectivity index (χ3v) is 3.64. The summed E-state index contributed by atoms with van der Waals surface area (Å²) in [7, 11) is 1.58. The molecule has 0 N–H and O–H groups in total. The van der Waals surface area contributed by atoms with Crippen LogP contribution in [0.25, 0.3) is 0 Å². The first-order valence-corrected chi connectivity index (χ1v) is 6.42. The summed E-state index contributed by atoms with van der Waals surface area (Å²) < 4.78 is 1.31. The van der Waals surface area contributed by atoms with E-state index in [0.717, 1.165) is 19.3 Å². The number of rotatable bonds is 2. The zero-order chi connectivity index (χ0) is 14.2. The summed E-state index contributed by atoms with van der Waals surface area (Å²) in [5, 5.41) is 14.9. The van der Waals surface area contributed by atoms with Crippen LogP contribution in [-0.2, 0) is 7.05 Å². The van der Waals surface area contributed by atoms with Gasteiger partial charge in [0.1, 0.15) is 6.20 Å². The molecule has 2 atom stereocenters. The fraction of sp³-hybridized carbons (Fsp3) is 0.667. The molecule has 104 valence electrons. The second-order valence-electron chi connectivity index (χ2n) is 5.14. The first-order chi connectivity index (χ1) is 8.91. The summed E-state index contributed by atoms with van der Waals surface area (Å²) >= 11 is 0. The molecule has 0 aliphatic carbocycles. The molecular weight excluding hydrogens is 248 g/mol. The van der Waals surface area contributed by atoms with Crippen LogP contribution in [-0.4, -0.2) is 37.6 Å². The predicted molar refractivity (Wildman–Crippen MR) is 68.8 cm³/mol. The van der Waals surface area contributed by atoms with Crippen LogP contribution in [0.3, 0.4) is 0 Å². The lowest BCUT2D eigenvalue weighted by atomic mass is 9.97. The van der Waals surface area contributed by atoms with Crippen molar-refractivity contribution in [3.63, 3.8) is 0 Å². The van der Waals surface area contributed by atoms with E-state index in [4.69, 9.17) is 0 Å². The number of piperidine rings is 1. The maximum absolute atomic E-state index is 12.5. The van der Waals surface area contributed by atoms with Gasteiger partial charge in [-0.05, 0) is 33.1 Å². The van der Waals surface area contributed by atoms with Crippen LogP contribution in [0, 0.1) is 10.1 Å². The maximum Gasteiger partial charge on any atom is 0.320 e. The molecule has 0 saturated carbocycles. The van der Waals surface area contributed by atoms with Gasteiger partial charge in [0.05, 0.1) is 4.92 Å². The number of amides is 1. The summed E-state index contributed by atoms with van der Waals surface area (Å²) in [6.45, 7) is 3.95. The van der Waals surface area contributed by atoms with E-state index in [2.05, 4.69) is 5.10 Å². The van der Waals surface area contributed by atoms with Crippen LogP contribution in [0.15, 0.2) is 6.20 Å². The van der Waals surface area contributed by atoms with Crippen molar-refractivity contribution in [3.8, 4) is 0 Å². The lowest BCUT2D eigenvalue weighted by Crippen LogP contribution is -2.47. The van der Waals surface area contributed by atoms with E-state index in [0.29, 0.717) is 0 Å². The fourth-order valence-electron chi connectivity index (χ4n) is 2.71. The average Bonchev–Trinajstić information content (AvgIpc) is 2.71. The number of likely N-dealkylation sites (tertiary alicyclic amines) is 1. The maximum atomic E-state index is 12.5. The number of carbonyl (C=O) groups excluding carboxylic acids is 1. The summed E-state index contributed by atoms with van der Waals surface area (Å²) in [5.41, 5.74) is -0.287. The molecular formula is C12H18N4O3. The van der Waals surface area contributed by atoms with Gasteiger partial charge in [-0.25, -0.2) is 0 Å². The first-order valence-electron chi connectivity index (χ1n) is 6.42. The number of hydrogen-bond donors (Lipinski definition) is 0. The van der Waals surface area contributed by atoms with Gasteiger partial charge in [0.25, 0.3) is 5.91 Å². The largest absolute Gasteiger partial charge is 0.332 e. The topological polar surface area (TPSA) is 81.3 Å². The highest BCUT2D eigenvalue weighted by Gasteiger charge is 2.35. The number of nitrogens with zero attached hydrogens (tertiary/aromatic N) is 4. The minimum Gasteiger partial charge on any atom is -0.332 e. The molecule has 1 aromatic rings. The molecule has 0 bridgehead atoms. The molecule has 19 heavy (non-hydrogen) atoms. The van der Waals surface area contributed by atoms with Crippen molar-refractivity contribution in [2.45, 2.75) is 45.2 Å². The quantitative estimate of drug-likeness (QED) is 0.603. The highest BCUT2D eigenvalue weighted by molar-refractivity contribution is 5.96. The van der Waals surface area contributed by atoms with Crippen molar-refractivity contribution >= 4 is 11.6 Å². The Morgan fingerprint density at radius 2 is 2.00 bits per heavy atom. The number of carbonyl (C=O) groups is 1. The number of hydrogen-bond acceptors (Lipinski definition) is 4. The van der Waals surface area contributed by atoms with Crippen LogP contribution in [0.1, 0.15) is 43.6 Å². The molecule has 0 unspecified atom stereocenters.